The summed E-state index contributed by atoms with van der Waals surface area (Å²) >= 11 is 0. The van der Waals surface area contributed by atoms with E-state index in [0.717, 1.165) is 0 Å². The highest BCUT2D eigenvalue weighted by atomic mass is 32.2. The monoisotopic (exact) mass is 488 g/mol. The third-order valence-corrected chi connectivity index (χ3v) is 7.71. The molecule has 0 atom stereocenters. The lowest BCUT2D eigenvalue weighted by molar-refractivity contribution is -0.120. The van der Waals surface area contributed by atoms with Crippen molar-refractivity contribution in [2.45, 2.75) is 17.7 Å². The van der Waals surface area contributed by atoms with E-state index < -0.39 is 15.8 Å². The summed E-state index contributed by atoms with van der Waals surface area (Å²) in [7, 11) is -0.834. The molecule has 0 bridgehead atoms. The number of ether oxygens (including phenoxy) is 2. The number of benzene rings is 2. The smallest absolute Gasteiger partial charge is 0.243 e. The van der Waals surface area contributed by atoms with Crippen molar-refractivity contribution in [3.05, 3.63) is 60.9 Å². The molecule has 3 aromatic rings. The van der Waals surface area contributed by atoms with Gasteiger partial charge in [-0.3, -0.25) is 4.79 Å². The van der Waals surface area contributed by atoms with Crippen LogP contribution in [0.3, 0.4) is 0 Å². The van der Waals surface area contributed by atoms with Crippen LogP contribution in [0.5, 0.6) is 11.5 Å². The number of nitrogens with zero attached hydrogens (tertiary/aromatic N) is 3. The molecule has 0 unspecified atom stereocenters. The van der Waals surface area contributed by atoms with E-state index >= 15 is 0 Å². The Morgan fingerprint density at radius 3 is 2.44 bits per heavy atom. The molecule has 1 fully saturated rings. The fourth-order valence-corrected chi connectivity index (χ4v) is 5.41. The predicted molar refractivity (Wildman–Crippen MR) is 123 cm³/mol. The van der Waals surface area contributed by atoms with E-state index in [0.29, 0.717) is 35.7 Å². The predicted octanol–water partition coefficient (Wildman–Crippen LogP) is 3.07. The Balaban J connectivity index is 1.39. The molecular weight excluding hydrogens is 463 g/mol. The average Bonchev–Trinajstić information content (AvgIpc) is 3.38. The third kappa shape index (κ3) is 4.75. The second-order valence-electron chi connectivity index (χ2n) is 7.82. The van der Waals surface area contributed by atoms with Crippen LogP contribution in [0.2, 0.25) is 0 Å². The highest BCUT2D eigenvalue weighted by molar-refractivity contribution is 7.89. The Hall–Kier alpha value is -3.44. The molecule has 1 N–H and O–H groups in total. The van der Waals surface area contributed by atoms with Gasteiger partial charge in [0.15, 0.2) is 11.5 Å². The summed E-state index contributed by atoms with van der Waals surface area (Å²) in [6, 6.07) is 8.87. The fourth-order valence-electron chi connectivity index (χ4n) is 3.92. The Morgan fingerprint density at radius 1 is 1.09 bits per heavy atom. The molecule has 9 nitrogen and oxygen atoms in total. The SMILES string of the molecule is COc1ccc(S(=O)(=O)N2CCC(C(=O)Nc3ccc(-n4ccnc4)c(F)c3)CC2)cc1OC. The number of piperidine rings is 1. The van der Waals surface area contributed by atoms with Gasteiger partial charge in [-0.1, -0.05) is 0 Å². The number of hydrogen-bond donors (Lipinski definition) is 1. The van der Waals surface area contributed by atoms with Crippen molar-refractivity contribution >= 4 is 21.6 Å². The maximum Gasteiger partial charge on any atom is 0.243 e. The lowest BCUT2D eigenvalue weighted by atomic mass is 9.97. The summed E-state index contributed by atoms with van der Waals surface area (Å²) in [6.45, 7) is 0.394. The van der Waals surface area contributed by atoms with Gasteiger partial charge in [-0.15, -0.1) is 0 Å². The molecule has 1 amide bonds. The minimum atomic E-state index is -3.75. The summed E-state index contributed by atoms with van der Waals surface area (Å²) in [5.41, 5.74) is 0.663. The van der Waals surface area contributed by atoms with Crippen LogP contribution in [0, 0.1) is 11.7 Å². The number of carbonyl (C=O) groups is 1. The number of hydrogen-bond acceptors (Lipinski definition) is 6. The van der Waals surface area contributed by atoms with Crippen molar-refractivity contribution in [2.24, 2.45) is 5.92 Å². The van der Waals surface area contributed by atoms with Crippen LogP contribution < -0.4 is 14.8 Å². The van der Waals surface area contributed by atoms with Gasteiger partial charge in [0, 0.05) is 43.2 Å². The summed E-state index contributed by atoms with van der Waals surface area (Å²) in [5.74, 6) is -0.381. The zero-order valence-electron chi connectivity index (χ0n) is 18.8. The molecule has 1 saturated heterocycles. The Labute approximate surface area is 197 Å². The highest BCUT2D eigenvalue weighted by Crippen LogP contribution is 2.32. The molecule has 2 aromatic carbocycles. The van der Waals surface area contributed by atoms with E-state index in [4.69, 9.17) is 9.47 Å². The molecule has 4 rings (SSSR count). The molecule has 0 saturated carbocycles. The van der Waals surface area contributed by atoms with Gasteiger partial charge in [-0.05, 0) is 43.2 Å². The van der Waals surface area contributed by atoms with Gasteiger partial charge in [0.1, 0.15) is 5.82 Å². The van der Waals surface area contributed by atoms with Crippen LogP contribution in [0.1, 0.15) is 12.8 Å². The van der Waals surface area contributed by atoms with E-state index in [1.54, 1.807) is 30.6 Å². The van der Waals surface area contributed by atoms with E-state index in [1.165, 1.54) is 47.6 Å². The van der Waals surface area contributed by atoms with Gasteiger partial charge < -0.3 is 19.4 Å². The number of imidazole rings is 1. The first kappa shape index (κ1) is 23.7. The fraction of sp³-hybridized carbons (Fsp3) is 0.304. The first-order valence-corrected chi connectivity index (χ1v) is 12.1. The second kappa shape index (κ2) is 9.82. The number of halogens is 1. The molecule has 1 aliphatic heterocycles. The topological polar surface area (TPSA) is 103 Å². The van der Waals surface area contributed by atoms with Crippen LogP contribution in [0.15, 0.2) is 60.0 Å². The summed E-state index contributed by atoms with van der Waals surface area (Å²) < 4.78 is 53.9. The molecule has 0 spiro atoms. The Bertz CT molecular complexity index is 1270. The van der Waals surface area contributed by atoms with Crippen LogP contribution in [-0.2, 0) is 14.8 Å². The van der Waals surface area contributed by atoms with Crippen LogP contribution in [0.25, 0.3) is 5.69 Å². The number of rotatable bonds is 7. The van der Waals surface area contributed by atoms with Crippen molar-refractivity contribution in [2.75, 3.05) is 32.6 Å². The number of carbonyl (C=O) groups excluding carboxylic acids is 1. The van der Waals surface area contributed by atoms with E-state index in [1.807, 2.05) is 0 Å². The van der Waals surface area contributed by atoms with Crippen LogP contribution in [0.4, 0.5) is 10.1 Å². The zero-order valence-corrected chi connectivity index (χ0v) is 19.6. The van der Waals surface area contributed by atoms with Crippen LogP contribution in [-0.4, -0.2) is 55.5 Å². The highest BCUT2D eigenvalue weighted by Gasteiger charge is 2.32. The quantitative estimate of drug-likeness (QED) is 0.548. The summed E-state index contributed by atoms with van der Waals surface area (Å²) in [4.78, 5) is 16.7. The molecule has 34 heavy (non-hydrogen) atoms. The Kier molecular flexibility index (Phi) is 6.85. The largest absolute Gasteiger partial charge is 0.493 e. The third-order valence-electron chi connectivity index (χ3n) is 5.82. The van der Waals surface area contributed by atoms with Crippen molar-refractivity contribution in [1.82, 2.24) is 13.9 Å². The van der Waals surface area contributed by atoms with E-state index in [9.17, 15) is 17.6 Å². The number of nitrogens with one attached hydrogen (secondary N) is 1. The first-order chi connectivity index (χ1) is 16.3. The van der Waals surface area contributed by atoms with Crippen molar-refractivity contribution in [3.8, 4) is 17.2 Å². The van der Waals surface area contributed by atoms with Gasteiger partial charge in [0.05, 0.1) is 31.1 Å². The number of methoxy groups -OCH3 is 2. The number of amides is 1. The maximum absolute atomic E-state index is 14.5. The van der Waals surface area contributed by atoms with Crippen molar-refractivity contribution < 1.29 is 27.1 Å². The molecule has 1 aliphatic rings. The van der Waals surface area contributed by atoms with E-state index in [2.05, 4.69) is 10.3 Å². The van der Waals surface area contributed by atoms with Crippen molar-refractivity contribution in [1.29, 1.82) is 0 Å². The molecule has 2 heterocycles. The van der Waals surface area contributed by atoms with Crippen LogP contribution >= 0.6 is 0 Å². The minimum absolute atomic E-state index is 0.0986. The minimum Gasteiger partial charge on any atom is -0.493 e. The van der Waals surface area contributed by atoms with Gasteiger partial charge in [-0.25, -0.2) is 17.8 Å². The molecule has 180 valence electrons. The zero-order chi connectivity index (χ0) is 24.3. The van der Waals surface area contributed by atoms with Gasteiger partial charge in [0.2, 0.25) is 15.9 Å². The molecule has 0 aliphatic carbocycles. The standard InChI is InChI=1S/C23H25FN4O5S/c1-32-21-6-4-18(14-22(21)33-2)34(30,31)28-10-7-16(8-11-28)23(29)26-17-3-5-20(19(24)13-17)27-12-9-25-15-27/h3-6,9,12-16H,7-8,10-11H2,1-2H3,(H,26,29). The normalized spacial score (nSPS) is 15.1. The summed E-state index contributed by atoms with van der Waals surface area (Å²) in [6.07, 6.45) is 5.37. The Morgan fingerprint density at radius 2 is 1.82 bits per heavy atom. The molecule has 11 heteroatoms. The van der Waals surface area contributed by atoms with Crippen molar-refractivity contribution in [3.63, 3.8) is 0 Å². The summed E-state index contributed by atoms with van der Waals surface area (Å²) in [5, 5.41) is 2.74. The number of anilines is 1. The lowest BCUT2D eigenvalue weighted by Gasteiger charge is -2.30. The maximum atomic E-state index is 14.5. The lowest BCUT2D eigenvalue weighted by Crippen LogP contribution is -2.41. The second-order valence-corrected chi connectivity index (χ2v) is 9.76. The van der Waals surface area contributed by atoms with Gasteiger partial charge >= 0.3 is 0 Å². The van der Waals surface area contributed by atoms with E-state index in [-0.39, 0.29) is 29.8 Å². The number of aromatic nitrogens is 2. The molecule has 0 radical (unpaired) electrons. The van der Waals surface area contributed by atoms with Gasteiger partial charge in [-0.2, -0.15) is 4.31 Å². The average molecular weight is 489 g/mol. The molecular formula is C23H25FN4O5S. The van der Waals surface area contributed by atoms with Gasteiger partial charge in [0.25, 0.3) is 0 Å². The number of sulfonamides is 1. The first-order valence-electron chi connectivity index (χ1n) is 10.6. The molecule has 1 aromatic heterocycles.